The largest absolute Gasteiger partial charge is 0.392 e. The number of rotatable bonds is 3. The zero-order chi connectivity index (χ0) is 10.1. The Hall–Kier alpha value is -0.590. The number of aliphatic hydroxyl groups is 1. The van der Waals surface area contributed by atoms with E-state index < -0.39 is 0 Å². The van der Waals surface area contributed by atoms with Gasteiger partial charge in [-0.05, 0) is 13.3 Å². The molecule has 13 heavy (non-hydrogen) atoms. The maximum Gasteiger partial charge on any atom is 0.0666 e. The quantitative estimate of drug-likeness (QED) is 0.681. The van der Waals surface area contributed by atoms with Gasteiger partial charge in [-0.3, -0.25) is 0 Å². The van der Waals surface area contributed by atoms with Crippen molar-refractivity contribution in [3.8, 4) is 6.07 Å². The summed E-state index contributed by atoms with van der Waals surface area (Å²) >= 11 is 0. The van der Waals surface area contributed by atoms with Crippen LogP contribution in [0.3, 0.4) is 0 Å². The van der Waals surface area contributed by atoms with Crippen LogP contribution in [-0.2, 0) is 0 Å². The van der Waals surface area contributed by atoms with Crippen LogP contribution in [0.5, 0.6) is 0 Å². The van der Waals surface area contributed by atoms with Gasteiger partial charge in [-0.1, -0.05) is 13.8 Å². The predicted octanol–water partition coefficient (Wildman–Crippen LogP) is 0.895. The monoisotopic (exact) mass is 182 g/mol. The molecule has 0 radical (unpaired) electrons. The maximum absolute atomic E-state index is 9.46. The average molecular weight is 182 g/mol. The van der Waals surface area contributed by atoms with E-state index >= 15 is 0 Å². The summed E-state index contributed by atoms with van der Waals surface area (Å²) in [6, 6.07) is 2.54. The SMILES string of the molecule is CC(C#N)CNC1CC(O)C1(C)C. The predicted molar refractivity (Wildman–Crippen MR) is 51.0 cm³/mol. The molecule has 1 rings (SSSR count). The molecule has 1 saturated carbocycles. The number of hydrogen-bond donors (Lipinski definition) is 2. The molecule has 1 fully saturated rings. The Bertz CT molecular complexity index is 219. The first-order chi connectivity index (χ1) is 5.98. The van der Waals surface area contributed by atoms with Gasteiger partial charge in [0.2, 0.25) is 0 Å². The maximum atomic E-state index is 9.46. The highest BCUT2D eigenvalue weighted by atomic mass is 16.3. The van der Waals surface area contributed by atoms with Gasteiger partial charge in [-0.2, -0.15) is 5.26 Å². The number of aliphatic hydroxyl groups excluding tert-OH is 1. The summed E-state index contributed by atoms with van der Waals surface area (Å²) in [6.07, 6.45) is 0.618. The van der Waals surface area contributed by atoms with Gasteiger partial charge in [-0.15, -0.1) is 0 Å². The molecule has 0 aliphatic heterocycles. The molecule has 0 amide bonds. The second-order valence-electron chi connectivity index (χ2n) is 4.56. The summed E-state index contributed by atoms with van der Waals surface area (Å²) < 4.78 is 0. The van der Waals surface area contributed by atoms with Crippen LogP contribution in [0.25, 0.3) is 0 Å². The van der Waals surface area contributed by atoms with Crippen LogP contribution in [0.4, 0.5) is 0 Å². The van der Waals surface area contributed by atoms with E-state index in [0.29, 0.717) is 6.04 Å². The van der Waals surface area contributed by atoms with Crippen LogP contribution in [0.1, 0.15) is 27.2 Å². The number of nitriles is 1. The van der Waals surface area contributed by atoms with Crippen LogP contribution >= 0.6 is 0 Å². The molecule has 0 aromatic rings. The number of nitrogens with one attached hydrogen (secondary N) is 1. The molecule has 0 aromatic heterocycles. The zero-order valence-electron chi connectivity index (χ0n) is 8.54. The molecule has 0 aromatic carbocycles. The molecule has 0 spiro atoms. The third-order valence-corrected chi connectivity index (χ3v) is 3.11. The molecular formula is C10H18N2O. The molecule has 2 N–H and O–H groups in total. The van der Waals surface area contributed by atoms with Gasteiger partial charge in [0, 0.05) is 18.0 Å². The molecule has 0 saturated heterocycles. The van der Waals surface area contributed by atoms with Crippen molar-refractivity contribution >= 4 is 0 Å². The van der Waals surface area contributed by atoms with Crippen molar-refractivity contribution in [2.24, 2.45) is 11.3 Å². The van der Waals surface area contributed by atoms with Crippen molar-refractivity contribution in [3.05, 3.63) is 0 Å². The lowest BCUT2D eigenvalue weighted by molar-refractivity contribution is -0.0726. The van der Waals surface area contributed by atoms with Gasteiger partial charge in [-0.25, -0.2) is 0 Å². The molecule has 1 aliphatic rings. The summed E-state index contributed by atoms with van der Waals surface area (Å²) in [5, 5.41) is 21.4. The van der Waals surface area contributed by atoms with E-state index in [-0.39, 0.29) is 17.4 Å². The minimum absolute atomic E-state index is 0.0326. The Morgan fingerprint density at radius 2 is 2.31 bits per heavy atom. The molecule has 0 heterocycles. The molecule has 1 aliphatic carbocycles. The van der Waals surface area contributed by atoms with Crippen LogP contribution in [0.2, 0.25) is 0 Å². The van der Waals surface area contributed by atoms with Gasteiger partial charge >= 0.3 is 0 Å². The highest BCUT2D eigenvalue weighted by molar-refractivity contribution is 5.02. The van der Waals surface area contributed by atoms with E-state index in [0.717, 1.165) is 13.0 Å². The molecule has 3 atom stereocenters. The third-order valence-electron chi connectivity index (χ3n) is 3.11. The minimum Gasteiger partial charge on any atom is -0.392 e. The average Bonchev–Trinajstić information content (AvgIpc) is 2.11. The van der Waals surface area contributed by atoms with Crippen LogP contribution < -0.4 is 5.32 Å². The van der Waals surface area contributed by atoms with E-state index in [1.165, 1.54) is 0 Å². The van der Waals surface area contributed by atoms with Crippen LogP contribution in [-0.4, -0.2) is 23.8 Å². The first kappa shape index (κ1) is 10.5. The van der Waals surface area contributed by atoms with Gasteiger partial charge in [0.15, 0.2) is 0 Å². The summed E-state index contributed by atoms with van der Waals surface area (Å²) in [4.78, 5) is 0. The second-order valence-corrected chi connectivity index (χ2v) is 4.56. The first-order valence-electron chi connectivity index (χ1n) is 4.79. The summed E-state index contributed by atoms with van der Waals surface area (Å²) in [7, 11) is 0. The smallest absolute Gasteiger partial charge is 0.0666 e. The second kappa shape index (κ2) is 3.65. The van der Waals surface area contributed by atoms with E-state index in [1.54, 1.807) is 0 Å². The fraction of sp³-hybridized carbons (Fsp3) is 0.900. The van der Waals surface area contributed by atoms with Crippen molar-refractivity contribution in [3.63, 3.8) is 0 Å². The molecule has 3 heteroatoms. The summed E-state index contributed by atoms with van der Waals surface area (Å²) in [5.41, 5.74) is -0.0326. The molecule has 3 unspecified atom stereocenters. The van der Waals surface area contributed by atoms with Crippen molar-refractivity contribution in [1.82, 2.24) is 5.32 Å². The Kier molecular flexibility index (Phi) is 2.94. The molecular weight excluding hydrogens is 164 g/mol. The van der Waals surface area contributed by atoms with E-state index in [9.17, 15) is 5.11 Å². The van der Waals surface area contributed by atoms with Gasteiger partial charge in [0.1, 0.15) is 0 Å². The lowest BCUT2D eigenvalue weighted by Crippen LogP contribution is -2.60. The first-order valence-corrected chi connectivity index (χ1v) is 4.79. The Morgan fingerprint density at radius 1 is 1.69 bits per heavy atom. The Balaban J connectivity index is 2.30. The number of nitrogens with zero attached hydrogens (tertiary/aromatic N) is 1. The van der Waals surface area contributed by atoms with Gasteiger partial charge < -0.3 is 10.4 Å². The standard InChI is InChI=1S/C10H18N2O/c1-7(5-11)6-12-8-4-9(13)10(8,2)3/h7-9,12-13H,4,6H2,1-3H3. The van der Waals surface area contributed by atoms with Gasteiger partial charge in [0.25, 0.3) is 0 Å². The Morgan fingerprint density at radius 3 is 2.69 bits per heavy atom. The molecule has 3 nitrogen and oxygen atoms in total. The Labute approximate surface area is 79.8 Å². The highest BCUT2D eigenvalue weighted by Crippen LogP contribution is 2.40. The van der Waals surface area contributed by atoms with Crippen molar-refractivity contribution in [2.75, 3.05) is 6.54 Å². The van der Waals surface area contributed by atoms with E-state index in [4.69, 9.17) is 5.26 Å². The van der Waals surface area contributed by atoms with Crippen LogP contribution in [0.15, 0.2) is 0 Å². The van der Waals surface area contributed by atoms with Crippen LogP contribution in [0, 0.1) is 22.7 Å². The van der Waals surface area contributed by atoms with E-state index in [1.807, 2.05) is 6.92 Å². The minimum atomic E-state index is -0.192. The fourth-order valence-corrected chi connectivity index (χ4v) is 1.61. The molecule has 74 valence electrons. The lowest BCUT2D eigenvalue weighted by Gasteiger charge is -2.49. The summed E-state index contributed by atoms with van der Waals surface area (Å²) in [6.45, 7) is 6.72. The number of hydrogen-bond acceptors (Lipinski definition) is 3. The topological polar surface area (TPSA) is 56.0 Å². The normalized spacial score (nSPS) is 33.2. The lowest BCUT2D eigenvalue weighted by atomic mass is 9.64. The van der Waals surface area contributed by atoms with Gasteiger partial charge in [0.05, 0.1) is 18.1 Å². The molecule has 0 bridgehead atoms. The van der Waals surface area contributed by atoms with Crippen molar-refractivity contribution in [2.45, 2.75) is 39.3 Å². The van der Waals surface area contributed by atoms with Crippen molar-refractivity contribution < 1.29 is 5.11 Å². The highest BCUT2D eigenvalue weighted by Gasteiger charge is 2.46. The van der Waals surface area contributed by atoms with Crippen molar-refractivity contribution in [1.29, 1.82) is 5.26 Å². The zero-order valence-corrected chi connectivity index (χ0v) is 8.54. The third kappa shape index (κ3) is 2.01. The van der Waals surface area contributed by atoms with E-state index in [2.05, 4.69) is 25.2 Å². The summed E-state index contributed by atoms with van der Waals surface area (Å²) in [5.74, 6) is 0.0496. The fourth-order valence-electron chi connectivity index (χ4n) is 1.61.